The molecule has 0 saturated heterocycles. The predicted molar refractivity (Wildman–Crippen MR) is 174 cm³/mol. The molecule has 3 amide bonds. The summed E-state index contributed by atoms with van der Waals surface area (Å²) in [5.74, 6) is -0.984. The minimum atomic E-state index is -1.77. The predicted octanol–water partition coefficient (Wildman–Crippen LogP) is 4.33. The van der Waals surface area contributed by atoms with Gasteiger partial charge >= 0.3 is 6.09 Å². The lowest BCUT2D eigenvalue weighted by molar-refractivity contribution is -0.143. The Hall–Kier alpha value is -2.99. The Bertz CT molecular complexity index is 1210. The number of hydrazine groups is 1. The van der Waals surface area contributed by atoms with Gasteiger partial charge < -0.3 is 25.6 Å². The number of ether oxygens (including phenoxy) is 1. The topological polar surface area (TPSA) is 140 Å². The second-order valence-corrected chi connectivity index (χ2v) is 14.2. The first-order valence-electron chi connectivity index (χ1n) is 14.8. The highest BCUT2D eigenvalue weighted by molar-refractivity contribution is 9.10. The molecule has 244 valence electrons. The fraction of sp³-hybridized carbons (Fsp3) is 0.545. The Morgan fingerprint density at radius 1 is 0.909 bits per heavy atom. The zero-order valence-electron chi connectivity index (χ0n) is 26.9. The van der Waals surface area contributed by atoms with Crippen LogP contribution in [-0.2, 0) is 27.3 Å². The number of nitrogens with one attached hydrogen (secondary N) is 3. The summed E-state index contributed by atoms with van der Waals surface area (Å²) in [5, 5.41) is 29.0. The van der Waals surface area contributed by atoms with Crippen molar-refractivity contribution in [2.75, 3.05) is 20.3 Å². The molecular formula is C33H49BrN4O6. The molecule has 0 aliphatic rings. The Labute approximate surface area is 270 Å². The Morgan fingerprint density at radius 2 is 1.52 bits per heavy atom. The molecule has 11 heteroatoms. The molecule has 0 spiro atoms. The van der Waals surface area contributed by atoms with E-state index in [9.17, 15) is 24.6 Å². The maximum atomic E-state index is 13.6. The van der Waals surface area contributed by atoms with Crippen LogP contribution in [0.3, 0.4) is 0 Å². The number of amides is 3. The number of aliphatic hydroxyl groups is 2. The molecule has 44 heavy (non-hydrogen) atoms. The summed E-state index contributed by atoms with van der Waals surface area (Å²) in [7, 11) is 1.24. The number of carbonyl (C=O) groups is 3. The van der Waals surface area contributed by atoms with Crippen LogP contribution in [0.5, 0.6) is 0 Å². The molecule has 0 heterocycles. The molecule has 0 aliphatic carbocycles. The van der Waals surface area contributed by atoms with Gasteiger partial charge in [-0.1, -0.05) is 99.9 Å². The molecular weight excluding hydrogens is 628 g/mol. The lowest BCUT2D eigenvalue weighted by Crippen LogP contribution is -2.57. The molecule has 0 fully saturated rings. The molecule has 0 aliphatic heterocycles. The standard InChI is InChI=1S/C33H49BrN4O6/c1-31(2,3)26(22-39)35-29(41)33(43,20-23-12-9-8-10-13-23)18-11-19-38(21-24-14-16-25(34)17-15-24)37-28(40)27(32(4,5)6)36-30(42)44-7/h8-10,12-17,26-27,39,43H,11,18-22H2,1-7H3,(H,35,41)(H,36,42)(H,37,40)/t26-,27-,33-/m1/s1. The van der Waals surface area contributed by atoms with Crippen LogP contribution in [0.25, 0.3) is 0 Å². The summed E-state index contributed by atoms with van der Waals surface area (Å²) in [6, 6.07) is 15.5. The van der Waals surface area contributed by atoms with Crippen molar-refractivity contribution in [3.63, 3.8) is 0 Å². The Morgan fingerprint density at radius 3 is 2.05 bits per heavy atom. The first kappa shape index (κ1) is 37.2. The highest BCUT2D eigenvalue weighted by Crippen LogP contribution is 2.25. The summed E-state index contributed by atoms with van der Waals surface area (Å²) in [6.45, 7) is 11.6. The van der Waals surface area contributed by atoms with Crippen LogP contribution in [-0.4, -0.2) is 71.1 Å². The van der Waals surface area contributed by atoms with Crippen LogP contribution in [0.1, 0.15) is 65.5 Å². The molecule has 2 aromatic rings. The fourth-order valence-corrected chi connectivity index (χ4v) is 4.93. The van der Waals surface area contributed by atoms with Gasteiger partial charge in [-0.3, -0.25) is 15.0 Å². The minimum Gasteiger partial charge on any atom is -0.453 e. The summed E-state index contributed by atoms with van der Waals surface area (Å²) in [4.78, 5) is 39.1. The van der Waals surface area contributed by atoms with Crippen LogP contribution in [0, 0.1) is 10.8 Å². The number of aliphatic hydroxyl groups excluding tert-OH is 1. The van der Waals surface area contributed by atoms with Crippen LogP contribution < -0.4 is 16.1 Å². The van der Waals surface area contributed by atoms with Crippen molar-refractivity contribution in [3.8, 4) is 0 Å². The molecule has 10 nitrogen and oxygen atoms in total. The van der Waals surface area contributed by atoms with Gasteiger partial charge in [0, 0.05) is 24.0 Å². The molecule has 2 aromatic carbocycles. The SMILES string of the molecule is COC(=O)N[C@H](C(=O)NN(CCC[C@@](O)(Cc1ccccc1)C(=O)N[C@H](CO)C(C)(C)C)Cc1ccc(Br)cc1)C(C)(C)C. The third-order valence-corrected chi connectivity index (χ3v) is 7.97. The van der Waals surface area contributed by atoms with Gasteiger partial charge in [-0.05, 0) is 46.9 Å². The number of nitrogens with zero attached hydrogens (tertiary/aromatic N) is 1. The second kappa shape index (κ2) is 16.4. The Balaban J connectivity index is 2.30. The molecule has 0 saturated carbocycles. The average molecular weight is 678 g/mol. The zero-order valence-corrected chi connectivity index (χ0v) is 28.5. The smallest absolute Gasteiger partial charge is 0.407 e. The van der Waals surface area contributed by atoms with Gasteiger partial charge in [0.2, 0.25) is 0 Å². The van der Waals surface area contributed by atoms with E-state index in [4.69, 9.17) is 4.74 Å². The van der Waals surface area contributed by atoms with Gasteiger partial charge in [0.05, 0.1) is 19.8 Å². The van der Waals surface area contributed by atoms with E-state index < -0.39 is 46.4 Å². The van der Waals surface area contributed by atoms with E-state index in [0.29, 0.717) is 19.5 Å². The number of rotatable bonds is 14. The van der Waals surface area contributed by atoms with Gasteiger partial charge in [0.25, 0.3) is 11.8 Å². The van der Waals surface area contributed by atoms with Crippen molar-refractivity contribution in [2.24, 2.45) is 10.8 Å². The number of halogens is 1. The summed E-state index contributed by atoms with van der Waals surface area (Å²) < 4.78 is 5.66. The van der Waals surface area contributed by atoms with Crippen LogP contribution >= 0.6 is 15.9 Å². The monoisotopic (exact) mass is 676 g/mol. The summed E-state index contributed by atoms with van der Waals surface area (Å²) in [5.41, 5.74) is 1.85. The van der Waals surface area contributed by atoms with E-state index in [1.54, 1.807) is 5.01 Å². The number of hydrogen-bond donors (Lipinski definition) is 5. The van der Waals surface area contributed by atoms with Crippen LogP contribution in [0.15, 0.2) is 59.1 Å². The van der Waals surface area contributed by atoms with Crippen molar-refractivity contribution in [1.29, 1.82) is 0 Å². The molecule has 0 unspecified atom stereocenters. The van der Waals surface area contributed by atoms with E-state index in [1.807, 2.05) is 96.1 Å². The first-order valence-corrected chi connectivity index (χ1v) is 15.6. The molecule has 0 radical (unpaired) electrons. The van der Waals surface area contributed by atoms with Gasteiger partial charge in [0.15, 0.2) is 0 Å². The maximum Gasteiger partial charge on any atom is 0.407 e. The number of methoxy groups -OCH3 is 1. The lowest BCUT2D eigenvalue weighted by Gasteiger charge is -2.35. The summed E-state index contributed by atoms with van der Waals surface area (Å²) >= 11 is 3.44. The highest BCUT2D eigenvalue weighted by Gasteiger charge is 2.39. The van der Waals surface area contributed by atoms with Crippen molar-refractivity contribution < 1.29 is 29.3 Å². The number of carbonyl (C=O) groups excluding carboxylic acids is 3. The zero-order chi connectivity index (χ0) is 33.1. The summed E-state index contributed by atoms with van der Waals surface area (Å²) in [6.07, 6.45) is -0.201. The highest BCUT2D eigenvalue weighted by atomic mass is 79.9. The normalized spacial score (nSPS) is 14.7. The quantitative estimate of drug-likeness (QED) is 0.188. The first-order chi connectivity index (χ1) is 20.5. The van der Waals surface area contributed by atoms with E-state index in [2.05, 4.69) is 32.0 Å². The number of alkyl carbamates (subject to hydrolysis) is 1. The maximum absolute atomic E-state index is 13.6. The average Bonchev–Trinajstić information content (AvgIpc) is 2.94. The van der Waals surface area contributed by atoms with E-state index in [0.717, 1.165) is 15.6 Å². The molecule has 0 aromatic heterocycles. The number of benzene rings is 2. The molecule has 5 N–H and O–H groups in total. The fourth-order valence-electron chi connectivity index (χ4n) is 4.66. The third kappa shape index (κ3) is 11.8. The third-order valence-electron chi connectivity index (χ3n) is 7.44. The van der Waals surface area contributed by atoms with Gasteiger partial charge in [-0.25, -0.2) is 9.80 Å². The van der Waals surface area contributed by atoms with Crippen molar-refractivity contribution in [1.82, 2.24) is 21.1 Å². The van der Waals surface area contributed by atoms with Crippen molar-refractivity contribution in [3.05, 3.63) is 70.2 Å². The molecule has 2 rings (SSSR count). The molecule has 3 atom stereocenters. The van der Waals surface area contributed by atoms with Gasteiger partial charge in [0.1, 0.15) is 11.6 Å². The van der Waals surface area contributed by atoms with Gasteiger partial charge in [-0.2, -0.15) is 0 Å². The van der Waals surface area contributed by atoms with E-state index in [-0.39, 0.29) is 19.4 Å². The van der Waals surface area contributed by atoms with Crippen LogP contribution in [0.2, 0.25) is 0 Å². The van der Waals surface area contributed by atoms with Crippen molar-refractivity contribution in [2.45, 2.75) is 85.0 Å². The van der Waals surface area contributed by atoms with E-state index in [1.165, 1.54) is 7.11 Å². The van der Waals surface area contributed by atoms with Gasteiger partial charge in [-0.15, -0.1) is 0 Å². The number of hydrogen-bond acceptors (Lipinski definition) is 7. The lowest BCUT2D eigenvalue weighted by atomic mass is 9.84. The molecule has 0 bridgehead atoms. The van der Waals surface area contributed by atoms with Crippen molar-refractivity contribution >= 4 is 33.8 Å². The van der Waals surface area contributed by atoms with Crippen LogP contribution in [0.4, 0.5) is 4.79 Å². The largest absolute Gasteiger partial charge is 0.453 e. The minimum absolute atomic E-state index is 0.0795. The second-order valence-electron chi connectivity index (χ2n) is 13.3. The van der Waals surface area contributed by atoms with E-state index >= 15 is 0 Å². The Kier molecular flexibility index (Phi) is 13.8.